The maximum absolute atomic E-state index is 13.8. The number of phenols is 1. The average Bonchev–Trinajstić information content (AvgIpc) is 2.98. The number of hydrogen-bond acceptors (Lipinski definition) is 3. The smallest absolute Gasteiger partial charge is 0.307 e. The SMILES string of the molecule is Cc1c(CC(=O)O)c2cc(O)c(F)cc2n1Cc1ccc(Cl)s1. The number of aromatic nitrogens is 1. The van der Waals surface area contributed by atoms with E-state index in [0.717, 1.165) is 10.6 Å². The number of carboxylic acids is 1. The molecule has 0 atom stereocenters. The molecule has 0 unspecified atom stereocenters. The van der Waals surface area contributed by atoms with Gasteiger partial charge in [-0.15, -0.1) is 11.3 Å². The summed E-state index contributed by atoms with van der Waals surface area (Å²) in [6, 6.07) is 6.19. The van der Waals surface area contributed by atoms with Gasteiger partial charge in [-0.1, -0.05) is 11.6 Å². The second kappa shape index (κ2) is 5.86. The Labute approximate surface area is 140 Å². The van der Waals surface area contributed by atoms with Crippen molar-refractivity contribution in [2.75, 3.05) is 0 Å². The Bertz CT molecular complexity index is 916. The van der Waals surface area contributed by atoms with Crippen LogP contribution in [0.5, 0.6) is 5.75 Å². The number of hydrogen-bond donors (Lipinski definition) is 2. The molecule has 23 heavy (non-hydrogen) atoms. The molecule has 2 heterocycles. The number of halogens is 2. The van der Waals surface area contributed by atoms with Crippen molar-refractivity contribution in [1.29, 1.82) is 0 Å². The van der Waals surface area contributed by atoms with Gasteiger partial charge in [0, 0.05) is 22.0 Å². The average molecular weight is 354 g/mol. The first-order chi connectivity index (χ1) is 10.9. The van der Waals surface area contributed by atoms with Crippen molar-refractivity contribution in [3.63, 3.8) is 0 Å². The fourth-order valence-corrected chi connectivity index (χ4v) is 3.80. The van der Waals surface area contributed by atoms with E-state index < -0.39 is 17.5 Å². The number of benzene rings is 1. The van der Waals surface area contributed by atoms with Crippen molar-refractivity contribution >= 4 is 39.8 Å². The van der Waals surface area contributed by atoms with Crippen LogP contribution in [0.1, 0.15) is 16.1 Å². The molecule has 0 saturated carbocycles. The highest BCUT2D eigenvalue weighted by Crippen LogP contribution is 2.33. The van der Waals surface area contributed by atoms with E-state index in [1.807, 2.05) is 10.6 Å². The molecule has 0 aliphatic carbocycles. The number of thiophene rings is 1. The number of nitrogens with zero attached hydrogens (tertiary/aromatic N) is 1. The molecule has 1 aromatic carbocycles. The second-order valence-electron chi connectivity index (χ2n) is 5.25. The number of aliphatic carboxylic acids is 1. The molecule has 0 radical (unpaired) electrons. The van der Waals surface area contributed by atoms with E-state index in [1.165, 1.54) is 23.5 Å². The van der Waals surface area contributed by atoms with Crippen molar-refractivity contribution in [3.05, 3.63) is 50.6 Å². The Kier molecular flexibility index (Phi) is 4.04. The van der Waals surface area contributed by atoms with Gasteiger partial charge in [-0.2, -0.15) is 0 Å². The van der Waals surface area contributed by atoms with Gasteiger partial charge in [0.05, 0.1) is 22.8 Å². The quantitative estimate of drug-likeness (QED) is 0.739. The number of fused-ring (bicyclic) bond motifs is 1. The Morgan fingerprint density at radius 3 is 2.74 bits per heavy atom. The number of carbonyl (C=O) groups is 1. The Morgan fingerprint density at radius 2 is 2.13 bits per heavy atom. The van der Waals surface area contributed by atoms with E-state index >= 15 is 0 Å². The summed E-state index contributed by atoms with van der Waals surface area (Å²) in [7, 11) is 0. The molecule has 3 rings (SSSR count). The fourth-order valence-electron chi connectivity index (χ4n) is 2.73. The molecule has 0 aliphatic heterocycles. The molecule has 0 bridgehead atoms. The highest BCUT2D eigenvalue weighted by atomic mass is 35.5. The van der Waals surface area contributed by atoms with E-state index in [0.29, 0.717) is 27.3 Å². The molecule has 7 heteroatoms. The minimum atomic E-state index is -0.977. The summed E-state index contributed by atoms with van der Waals surface area (Å²) in [6.07, 6.45) is -0.189. The van der Waals surface area contributed by atoms with Crippen molar-refractivity contribution in [2.45, 2.75) is 19.9 Å². The Morgan fingerprint density at radius 1 is 1.39 bits per heavy atom. The standard InChI is InChI=1S/C16H13ClFNO3S/c1-8-10(5-16(21)22)11-4-14(20)12(18)6-13(11)19(8)7-9-2-3-15(17)23-9/h2-4,6,20H,5,7H2,1H3,(H,21,22). The van der Waals surface area contributed by atoms with E-state index in [1.54, 1.807) is 13.0 Å². The highest BCUT2D eigenvalue weighted by Gasteiger charge is 2.19. The van der Waals surface area contributed by atoms with E-state index in [4.69, 9.17) is 16.7 Å². The number of phenolic OH excluding ortho intramolecular Hbond substituents is 1. The maximum atomic E-state index is 13.8. The lowest BCUT2D eigenvalue weighted by Crippen LogP contribution is -2.04. The number of carboxylic acid groups (broad SMARTS) is 1. The zero-order valence-corrected chi connectivity index (χ0v) is 13.7. The van der Waals surface area contributed by atoms with Crippen LogP contribution < -0.4 is 0 Å². The van der Waals surface area contributed by atoms with E-state index in [2.05, 4.69) is 0 Å². The van der Waals surface area contributed by atoms with Crippen molar-refractivity contribution < 1.29 is 19.4 Å². The summed E-state index contributed by atoms with van der Waals surface area (Å²) in [5.41, 5.74) is 1.86. The van der Waals surface area contributed by atoms with Gasteiger partial charge in [0.2, 0.25) is 0 Å². The van der Waals surface area contributed by atoms with Gasteiger partial charge in [-0.25, -0.2) is 4.39 Å². The van der Waals surface area contributed by atoms with Crippen molar-refractivity contribution in [1.82, 2.24) is 4.57 Å². The summed E-state index contributed by atoms with van der Waals surface area (Å²) in [4.78, 5) is 12.1. The molecular weight excluding hydrogens is 341 g/mol. The molecule has 0 aliphatic rings. The summed E-state index contributed by atoms with van der Waals surface area (Å²) in [5.74, 6) is -2.20. The highest BCUT2D eigenvalue weighted by molar-refractivity contribution is 7.16. The van der Waals surface area contributed by atoms with Crippen molar-refractivity contribution in [2.24, 2.45) is 0 Å². The van der Waals surface area contributed by atoms with Crippen LogP contribution in [0.15, 0.2) is 24.3 Å². The van der Waals surface area contributed by atoms with Gasteiger partial charge in [0.15, 0.2) is 11.6 Å². The minimum absolute atomic E-state index is 0.189. The number of aromatic hydroxyl groups is 1. The van der Waals surface area contributed by atoms with Crippen LogP contribution in [0.3, 0.4) is 0 Å². The molecule has 0 amide bonds. The van der Waals surface area contributed by atoms with E-state index in [-0.39, 0.29) is 6.42 Å². The topological polar surface area (TPSA) is 62.5 Å². The monoisotopic (exact) mass is 353 g/mol. The molecule has 3 aromatic rings. The largest absolute Gasteiger partial charge is 0.505 e. The predicted molar refractivity (Wildman–Crippen MR) is 88.1 cm³/mol. The van der Waals surface area contributed by atoms with Crippen LogP contribution in [0.25, 0.3) is 10.9 Å². The van der Waals surface area contributed by atoms with Crippen molar-refractivity contribution in [3.8, 4) is 5.75 Å². The zero-order chi connectivity index (χ0) is 16.7. The van der Waals surface area contributed by atoms with Gasteiger partial charge in [-0.3, -0.25) is 4.79 Å². The first-order valence-electron chi connectivity index (χ1n) is 6.83. The molecule has 0 spiro atoms. The molecule has 4 nitrogen and oxygen atoms in total. The maximum Gasteiger partial charge on any atom is 0.307 e. The molecule has 120 valence electrons. The number of rotatable bonds is 4. The normalized spacial score (nSPS) is 11.3. The van der Waals surface area contributed by atoms with Gasteiger partial charge < -0.3 is 14.8 Å². The predicted octanol–water partition coefficient (Wildman–Crippen LogP) is 4.18. The Balaban J connectivity index is 2.21. The third kappa shape index (κ3) is 2.92. The molecule has 0 saturated heterocycles. The zero-order valence-electron chi connectivity index (χ0n) is 12.1. The van der Waals surface area contributed by atoms with Crippen LogP contribution in [0, 0.1) is 12.7 Å². The lowest BCUT2D eigenvalue weighted by atomic mass is 10.1. The van der Waals surface area contributed by atoms with Crippen LogP contribution in [-0.4, -0.2) is 20.7 Å². The third-order valence-electron chi connectivity index (χ3n) is 3.79. The molecule has 2 aromatic heterocycles. The fraction of sp³-hybridized carbons (Fsp3) is 0.188. The van der Waals surface area contributed by atoms with Gasteiger partial charge in [0.1, 0.15) is 0 Å². The molecule has 0 fully saturated rings. The van der Waals surface area contributed by atoms with Gasteiger partial charge >= 0.3 is 5.97 Å². The first-order valence-corrected chi connectivity index (χ1v) is 8.02. The molecular formula is C16H13ClFNO3S. The minimum Gasteiger partial charge on any atom is -0.505 e. The van der Waals surface area contributed by atoms with Crippen LogP contribution in [0.4, 0.5) is 4.39 Å². The van der Waals surface area contributed by atoms with E-state index in [9.17, 15) is 14.3 Å². The van der Waals surface area contributed by atoms with Gasteiger partial charge in [-0.05, 0) is 30.7 Å². The summed E-state index contributed by atoms with van der Waals surface area (Å²) < 4.78 is 16.3. The summed E-state index contributed by atoms with van der Waals surface area (Å²) in [5, 5.41) is 19.3. The summed E-state index contributed by atoms with van der Waals surface area (Å²) >= 11 is 7.36. The first kappa shape index (κ1) is 15.8. The second-order valence-corrected chi connectivity index (χ2v) is 7.05. The molecule has 2 N–H and O–H groups in total. The third-order valence-corrected chi connectivity index (χ3v) is 5.01. The Hall–Kier alpha value is -2.05. The van der Waals surface area contributed by atoms with Crippen LogP contribution in [-0.2, 0) is 17.8 Å². The lowest BCUT2D eigenvalue weighted by molar-refractivity contribution is -0.136. The van der Waals surface area contributed by atoms with Gasteiger partial charge in [0.25, 0.3) is 0 Å². The van der Waals surface area contributed by atoms with Crippen LogP contribution >= 0.6 is 22.9 Å². The lowest BCUT2D eigenvalue weighted by Gasteiger charge is -2.07. The van der Waals surface area contributed by atoms with Crippen LogP contribution in [0.2, 0.25) is 4.34 Å². The summed E-state index contributed by atoms with van der Waals surface area (Å²) in [6.45, 7) is 2.26.